The van der Waals surface area contributed by atoms with Crippen LogP contribution in [0.15, 0.2) is 20.0 Å². The molecule has 0 aliphatic carbocycles. The molecule has 0 aromatic heterocycles. The van der Waals surface area contributed by atoms with Crippen LogP contribution in [0, 0.1) is 0 Å². The van der Waals surface area contributed by atoms with E-state index in [9.17, 15) is 0 Å². The Morgan fingerprint density at radius 3 is 0.778 bits per heavy atom. The topological polar surface area (TPSA) is 0 Å². The Morgan fingerprint density at radius 1 is 0.481 bits per heavy atom. The average Bonchev–Trinajstić information content (AvgIpc) is 2.89. The summed E-state index contributed by atoms with van der Waals surface area (Å²) >= 11 is -2.35. The molecule has 0 amide bonds. The summed E-state index contributed by atoms with van der Waals surface area (Å²) in [6.45, 7) is 42.4. The molecule has 0 bridgehead atoms. The van der Waals surface area contributed by atoms with Gasteiger partial charge in [0.15, 0.2) is 0 Å². The molecule has 5 heteroatoms. The van der Waals surface area contributed by atoms with Gasteiger partial charge in [0.1, 0.15) is 0 Å². The van der Waals surface area contributed by atoms with E-state index in [1.807, 2.05) is 8.81 Å². The molecule has 0 atom stereocenters. The monoisotopic (exact) mass is 500 g/mol. The molecule has 0 aromatic rings. The molecular weight excluding hydrogens is 449 g/mol. The van der Waals surface area contributed by atoms with Crippen LogP contribution in [-0.2, 0) is 0 Å². The minimum atomic E-state index is -2.35. The second-order valence-corrected chi connectivity index (χ2v) is 49.4. The maximum atomic E-state index is 2.72. The van der Waals surface area contributed by atoms with E-state index < -0.39 is 45.6 Å². The van der Waals surface area contributed by atoms with E-state index >= 15 is 0 Å². The first-order valence-electron chi connectivity index (χ1n) is 11.0. The summed E-state index contributed by atoms with van der Waals surface area (Å²) in [5, 5.41) is 0. The number of rotatable bonds is 6. The van der Waals surface area contributed by atoms with Gasteiger partial charge in [0, 0.05) is 0 Å². The summed E-state index contributed by atoms with van der Waals surface area (Å²) in [5.74, 6) is 0. The third kappa shape index (κ3) is 4.80. The van der Waals surface area contributed by atoms with E-state index in [4.69, 9.17) is 0 Å². The number of hydrogen-bond donors (Lipinski definition) is 0. The van der Waals surface area contributed by atoms with Crippen LogP contribution < -0.4 is 0 Å². The maximum absolute atomic E-state index is 2.72. The Bertz CT molecular complexity index is 552. The molecule has 0 aromatic carbocycles. The predicted molar refractivity (Wildman–Crippen MR) is 143 cm³/mol. The van der Waals surface area contributed by atoms with Crippen molar-refractivity contribution >= 4 is 45.6 Å². The number of hydrogen-bond acceptors (Lipinski definition) is 0. The molecule has 1 aliphatic heterocycles. The van der Waals surface area contributed by atoms with Gasteiger partial charge in [-0.25, -0.2) is 0 Å². The summed E-state index contributed by atoms with van der Waals surface area (Å²) < 4.78 is 6.23. The third-order valence-corrected chi connectivity index (χ3v) is 64.9. The van der Waals surface area contributed by atoms with Crippen molar-refractivity contribution in [1.29, 1.82) is 0 Å². The van der Waals surface area contributed by atoms with Crippen molar-refractivity contribution in [3.63, 3.8) is 0 Å². The van der Waals surface area contributed by atoms with Crippen molar-refractivity contribution in [3.8, 4) is 0 Å². The molecule has 0 spiro atoms. The molecule has 1 fully saturated rings. The quantitative estimate of drug-likeness (QED) is 0.322. The Labute approximate surface area is 179 Å². The summed E-state index contributed by atoms with van der Waals surface area (Å²) in [6.07, 6.45) is 0. The van der Waals surface area contributed by atoms with Crippen molar-refractivity contribution in [2.45, 2.75) is 114 Å². The second kappa shape index (κ2) is 7.54. The molecule has 1 heterocycles. The van der Waals surface area contributed by atoms with Crippen LogP contribution in [0.5, 0.6) is 0 Å². The van der Waals surface area contributed by atoms with Gasteiger partial charge in [-0.1, -0.05) is 0 Å². The fraction of sp³-hybridized carbons (Fsp3) is 0.818. The summed E-state index contributed by atoms with van der Waals surface area (Å²) in [6, 6.07) is 0. The molecule has 158 valence electrons. The van der Waals surface area contributed by atoms with Crippen molar-refractivity contribution in [2.24, 2.45) is 0 Å². The van der Waals surface area contributed by atoms with Gasteiger partial charge in [-0.3, -0.25) is 0 Å². The first-order valence-corrected chi connectivity index (χ1v) is 29.8. The van der Waals surface area contributed by atoms with E-state index in [-0.39, 0.29) is 0 Å². The zero-order valence-corrected chi connectivity index (χ0v) is 27.8. The number of allylic oxidation sites excluding steroid dienone is 4. The molecule has 1 aliphatic rings. The van der Waals surface area contributed by atoms with E-state index in [1.54, 1.807) is 11.1 Å². The summed E-state index contributed by atoms with van der Waals surface area (Å²) in [4.78, 5) is 0. The zero-order chi connectivity index (χ0) is 22.0. The standard InChI is InChI=1S/C22H50GeSi4/c1-17(2)19-20(18(3)4)23(19,21(24(5,6)7)25(8,9)10)22(26(11,12)13)27(14,15)16/h21-22H,1-16H3. The van der Waals surface area contributed by atoms with Crippen LogP contribution in [0.4, 0.5) is 0 Å². The molecule has 1 saturated heterocycles. The van der Waals surface area contributed by atoms with Crippen LogP contribution in [0.3, 0.4) is 0 Å². The van der Waals surface area contributed by atoms with Crippen molar-refractivity contribution in [3.05, 3.63) is 20.0 Å². The van der Waals surface area contributed by atoms with Crippen molar-refractivity contribution in [1.82, 2.24) is 0 Å². The van der Waals surface area contributed by atoms with Gasteiger partial charge < -0.3 is 0 Å². The van der Waals surface area contributed by atoms with Gasteiger partial charge in [-0.2, -0.15) is 0 Å². The average molecular weight is 500 g/mol. The molecule has 0 saturated carbocycles. The molecular formula is C22H50GeSi4. The van der Waals surface area contributed by atoms with E-state index in [0.29, 0.717) is 0 Å². The van der Waals surface area contributed by atoms with E-state index in [0.717, 1.165) is 7.99 Å². The normalized spacial score (nSPS) is 18.4. The van der Waals surface area contributed by atoms with Crippen LogP contribution in [-0.4, -0.2) is 45.6 Å². The first-order chi connectivity index (χ1) is 11.6. The summed E-state index contributed by atoms with van der Waals surface area (Å²) in [5.41, 5.74) is 3.38. The first kappa shape index (κ1) is 25.9. The van der Waals surface area contributed by atoms with Gasteiger partial charge in [0.2, 0.25) is 0 Å². The fourth-order valence-corrected chi connectivity index (χ4v) is 91.8. The Hall–Kier alpha value is 0.890. The van der Waals surface area contributed by atoms with Gasteiger partial charge >= 0.3 is 180 Å². The Balaban J connectivity index is 4.16. The molecule has 0 radical (unpaired) electrons. The fourth-order valence-electron chi connectivity index (χ4n) is 7.71. The van der Waals surface area contributed by atoms with E-state index in [2.05, 4.69) is 106 Å². The van der Waals surface area contributed by atoms with Gasteiger partial charge in [0.25, 0.3) is 0 Å². The zero-order valence-electron chi connectivity index (χ0n) is 21.7. The van der Waals surface area contributed by atoms with Gasteiger partial charge in [0.05, 0.1) is 0 Å². The van der Waals surface area contributed by atoms with Crippen molar-refractivity contribution < 1.29 is 0 Å². The Kier molecular flexibility index (Phi) is 7.24. The molecule has 0 unspecified atom stereocenters. The van der Waals surface area contributed by atoms with Crippen LogP contribution in [0.1, 0.15) is 27.7 Å². The molecule has 1 rings (SSSR count). The van der Waals surface area contributed by atoms with Crippen LogP contribution >= 0.6 is 0 Å². The molecule has 0 N–H and O–H groups in total. The van der Waals surface area contributed by atoms with Crippen molar-refractivity contribution in [2.75, 3.05) is 0 Å². The molecule has 0 nitrogen and oxygen atoms in total. The van der Waals surface area contributed by atoms with E-state index in [1.165, 1.54) is 0 Å². The third-order valence-electron chi connectivity index (χ3n) is 6.39. The van der Waals surface area contributed by atoms with Gasteiger partial charge in [-0.15, -0.1) is 0 Å². The van der Waals surface area contributed by atoms with Crippen LogP contribution in [0.25, 0.3) is 0 Å². The minimum absolute atomic E-state index is 1.11. The molecule has 27 heavy (non-hydrogen) atoms. The second-order valence-electron chi connectivity index (χ2n) is 13.9. The summed E-state index contributed by atoms with van der Waals surface area (Å²) in [7, 11) is -5.08. The van der Waals surface area contributed by atoms with Gasteiger partial charge in [-0.05, 0) is 0 Å². The predicted octanol–water partition coefficient (Wildman–Crippen LogP) is 8.45. The Morgan fingerprint density at radius 2 is 0.667 bits per heavy atom. The SMILES string of the molecule is CC(C)=[C]1[C](=C(C)C)[Ge]1([CH]([Si](C)(C)C)[Si](C)(C)C)[CH]([Si](C)(C)C)[Si](C)(C)C. The van der Waals surface area contributed by atoms with Crippen LogP contribution in [0.2, 0.25) is 86.6 Å².